The van der Waals surface area contributed by atoms with Crippen LogP contribution in [-0.2, 0) is 0 Å². The van der Waals surface area contributed by atoms with Gasteiger partial charge in [-0.3, -0.25) is 0 Å². The van der Waals surface area contributed by atoms with Crippen LogP contribution < -0.4 is 10.1 Å². The minimum atomic E-state index is -0.636. The number of likely N-dealkylation sites (N-methyl/N-ethyl adjacent to an activating group) is 1. The molecule has 1 atom stereocenters. The van der Waals surface area contributed by atoms with E-state index in [4.69, 9.17) is 4.74 Å². The summed E-state index contributed by atoms with van der Waals surface area (Å²) in [4.78, 5) is 0. The van der Waals surface area contributed by atoms with Gasteiger partial charge in [0.2, 0.25) is 0 Å². The zero-order valence-electron chi connectivity index (χ0n) is 9.04. The number of hydrogen-bond acceptors (Lipinski definition) is 3. The van der Waals surface area contributed by atoms with Crippen molar-refractivity contribution in [1.82, 2.24) is 5.32 Å². The molecule has 16 heavy (non-hydrogen) atoms. The maximum atomic E-state index is 13.3. The molecule has 2 N–H and O–H groups in total. The topological polar surface area (TPSA) is 41.5 Å². The molecule has 0 aliphatic heterocycles. The van der Waals surface area contributed by atoms with Gasteiger partial charge in [0, 0.05) is 11.0 Å². The number of aliphatic hydroxyl groups excluding tert-OH is 1. The van der Waals surface area contributed by atoms with Crippen LogP contribution in [0, 0.1) is 5.82 Å². The first-order valence-corrected chi connectivity index (χ1v) is 5.89. The number of nitrogens with one attached hydrogen (secondary N) is 1. The molecule has 1 aromatic carbocycles. The van der Waals surface area contributed by atoms with E-state index in [0.717, 1.165) is 6.54 Å². The van der Waals surface area contributed by atoms with Gasteiger partial charge in [-0.2, -0.15) is 0 Å². The third-order valence-corrected chi connectivity index (χ3v) is 2.45. The van der Waals surface area contributed by atoms with Crippen LogP contribution in [0.2, 0.25) is 0 Å². The molecule has 1 rings (SSSR count). The summed E-state index contributed by atoms with van der Waals surface area (Å²) in [6.07, 6.45) is -0.636. The first kappa shape index (κ1) is 13.4. The molecule has 0 radical (unpaired) electrons. The summed E-state index contributed by atoms with van der Waals surface area (Å²) in [7, 11) is 0. The number of aliphatic hydroxyl groups is 1. The van der Waals surface area contributed by atoms with E-state index in [1.165, 1.54) is 12.1 Å². The molecule has 0 fully saturated rings. The molecule has 0 amide bonds. The lowest BCUT2D eigenvalue weighted by Crippen LogP contribution is -2.31. The Morgan fingerprint density at radius 1 is 1.56 bits per heavy atom. The normalized spacial score (nSPS) is 12.5. The van der Waals surface area contributed by atoms with Crippen molar-refractivity contribution in [3.8, 4) is 5.75 Å². The standard InChI is InChI=1S/C11H15BrFNO2/c1-2-14-6-9(15)7-16-11-4-3-8(12)5-10(11)13/h3-5,9,14-15H,2,6-7H2,1H3. The highest BCUT2D eigenvalue weighted by atomic mass is 79.9. The Balaban J connectivity index is 2.42. The molecule has 90 valence electrons. The summed E-state index contributed by atoms with van der Waals surface area (Å²) in [5.74, 6) is -0.288. The summed E-state index contributed by atoms with van der Waals surface area (Å²) >= 11 is 3.16. The van der Waals surface area contributed by atoms with Crippen molar-refractivity contribution < 1.29 is 14.2 Å². The minimum Gasteiger partial charge on any atom is -0.488 e. The highest BCUT2D eigenvalue weighted by Gasteiger charge is 2.07. The van der Waals surface area contributed by atoms with E-state index in [9.17, 15) is 9.50 Å². The summed E-state index contributed by atoms with van der Waals surface area (Å²) < 4.78 is 19.1. The van der Waals surface area contributed by atoms with E-state index in [1.807, 2.05) is 6.92 Å². The summed E-state index contributed by atoms with van der Waals surface area (Å²) in [6, 6.07) is 4.54. The Labute approximate surface area is 103 Å². The van der Waals surface area contributed by atoms with Crippen molar-refractivity contribution >= 4 is 15.9 Å². The van der Waals surface area contributed by atoms with Crippen LogP contribution in [0.15, 0.2) is 22.7 Å². The van der Waals surface area contributed by atoms with Crippen LogP contribution in [-0.4, -0.2) is 30.9 Å². The third-order valence-electron chi connectivity index (χ3n) is 1.96. The van der Waals surface area contributed by atoms with Crippen molar-refractivity contribution in [1.29, 1.82) is 0 Å². The molecule has 0 spiro atoms. The lowest BCUT2D eigenvalue weighted by Gasteiger charge is -2.13. The van der Waals surface area contributed by atoms with Gasteiger partial charge >= 0.3 is 0 Å². The van der Waals surface area contributed by atoms with Gasteiger partial charge in [0.1, 0.15) is 12.7 Å². The second kappa shape index (κ2) is 6.83. The van der Waals surface area contributed by atoms with Crippen LogP contribution in [0.3, 0.4) is 0 Å². The monoisotopic (exact) mass is 291 g/mol. The molecule has 0 saturated heterocycles. The quantitative estimate of drug-likeness (QED) is 0.842. The third kappa shape index (κ3) is 4.47. The second-order valence-corrected chi connectivity index (χ2v) is 4.26. The Kier molecular flexibility index (Phi) is 5.73. The second-order valence-electron chi connectivity index (χ2n) is 3.35. The largest absolute Gasteiger partial charge is 0.488 e. The Hall–Kier alpha value is -0.650. The van der Waals surface area contributed by atoms with Crippen molar-refractivity contribution in [2.45, 2.75) is 13.0 Å². The van der Waals surface area contributed by atoms with E-state index >= 15 is 0 Å². The average molecular weight is 292 g/mol. The number of halogens is 2. The summed E-state index contributed by atoms with van der Waals surface area (Å²) in [5.41, 5.74) is 0. The van der Waals surface area contributed by atoms with Crippen molar-refractivity contribution in [3.05, 3.63) is 28.5 Å². The van der Waals surface area contributed by atoms with E-state index in [0.29, 0.717) is 11.0 Å². The highest BCUT2D eigenvalue weighted by molar-refractivity contribution is 9.10. The molecule has 0 bridgehead atoms. The number of benzene rings is 1. The van der Waals surface area contributed by atoms with Crippen LogP contribution in [0.1, 0.15) is 6.92 Å². The fourth-order valence-corrected chi connectivity index (χ4v) is 1.48. The van der Waals surface area contributed by atoms with E-state index < -0.39 is 11.9 Å². The average Bonchev–Trinajstić information content (AvgIpc) is 2.25. The summed E-state index contributed by atoms with van der Waals surface area (Å²) in [6.45, 7) is 3.24. The first-order chi connectivity index (χ1) is 7.63. The van der Waals surface area contributed by atoms with Crippen LogP contribution in [0.25, 0.3) is 0 Å². The number of ether oxygens (including phenoxy) is 1. The lowest BCUT2D eigenvalue weighted by molar-refractivity contribution is 0.104. The van der Waals surface area contributed by atoms with Gasteiger partial charge in [0.05, 0.1) is 0 Å². The zero-order valence-corrected chi connectivity index (χ0v) is 10.6. The molecule has 0 aliphatic rings. The van der Waals surface area contributed by atoms with Crippen molar-refractivity contribution in [2.24, 2.45) is 0 Å². The van der Waals surface area contributed by atoms with E-state index in [2.05, 4.69) is 21.2 Å². The van der Waals surface area contributed by atoms with Gasteiger partial charge in [-0.15, -0.1) is 0 Å². The van der Waals surface area contributed by atoms with E-state index in [1.54, 1.807) is 6.07 Å². The SMILES string of the molecule is CCNCC(O)COc1ccc(Br)cc1F. The molecule has 0 aromatic heterocycles. The van der Waals surface area contributed by atoms with Crippen LogP contribution >= 0.6 is 15.9 Å². The first-order valence-electron chi connectivity index (χ1n) is 5.10. The smallest absolute Gasteiger partial charge is 0.166 e. The van der Waals surface area contributed by atoms with Gasteiger partial charge in [-0.05, 0) is 24.7 Å². The van der Waals surface area contributed by atoms with E-state index in [-0.39, 0.29) is 12.4 Å². The maximum absolute atomic E-state index is 13.3. The molecule has 0 saturated carbocycles. The van der Waals surface area contributed by atoms with Gasteiger partial charge in [0.25, 0.3) is 0 Å². The molecule has 1 unspecified atom stereocenters. The molecule has 0 heterocycles. The van der Waals surface area contributed by atoms with Gasteiger partial charge in [-0.25, -0.2) is 4.39 Å². The predicted molar refractivity (Wildman–Crippen MR) is 64.1 cm³/mol. The zero-order chi connectivity index (χ0) is 12.0. The lowest BCUT2D eigenvalue weighted by atomic mass is 10.3. The van der Waals surface area contributed by atoms with Crippen LogP contribution in [0.4, 0.5) is 4.39 Å². The Morgan fingerprint density at radius 3 is 2.94 bits per heavy atom. The maximum Gasteiger partial charge on any atom is 0.166 e. The molecule has 0 aliphatic carbocycles. The highest BCUT2D eigenvalue weighted by Crippen LogP contribution is 2.21. The van der Waals surface area contributed by atoms with Gasteiger partial charge in [0.15, 0.2) is 11.6 Å². The molecule has 3 nitrogen and oxygen atoms in total. The van der Waals surface area contributed by atoms with Crippen molar-refractivity contribution in [3.63, 3.8) is 0 Å². The molecular weight excluding hydrogens is 277 g/mol. The fraction of sp³-hybridized carbons (Fsp3) is 0.455. The van der Waals surface area contributed by atoms with Gasteiger partial charge in [-0.1, -0.05) is 22.9 Å². The minimum absolute atomic E-state index is 0.0750. The molecule has 5 heteroatoms. The van der Waals surface area contributed by atoms with Crippen molar-refractivity contribution in [2.75, 3.05) is 19.7 Å². The fourth-order valence-electron chi connectivity index (χ4n) is 1.15. The summed E-state index contributed by atoms with van der Waals surface area (Å²) in [5, 5.41) is 12.4. The predicted octanol–water partition coefficient (Wildman–Crippen LogP) is 1.94. The number of hydrogen-bond donors (Lipinski definition) is 2. The molecule has 1 aromatic rings. The Morgan fingerprint density at radius 2 is 2.31 bits per heavy atom. The Bertz CT molecular complexity index is 336. The van der Waals surface area contributed by atoms with Crippen LogP contribution in [0.5, 0.6) is 5.75 Å². The van der Waals surface area contributed by atoms with Gasteiger partial charge < -0.3 is 15.2 Å². The number of rotatable bonds is 6. The molecular formula is C11H15BrFNO2.